The molecule has 0 spiro atoms. The van der Waals surface area contributed by atoms with Crippen LogP contribution in [-0.4, -0.2) is 27.5 Å². The first-order chi connectivity index (χ1) is 11.6. The molecule has 0 atom stereocenters. The Morgan fingerprint density at radius 1 is 1.21 bits per heavy atom. The van der Waals surface area contributed by atoms with Gasteiger partial charge in [0, 0.05) is 12.1 Å². The van der Waals surface area contributed by atoms with Gasteiger partial charge in [0.2, 0.25) is 0 Å². The fraction of sp³-hybridized carbons (Fsp3) is 0.176. The molecule has 2 N–H and O–H groups in total. The SMILES string of the molecule is CCNC(=O)Nc1ccc2ncc(-c3ccc(F)cc3C)nc2n1. The van der Waals surface area contributed by atoms with Gasteiger partial charge in [-0.3, -0.25) is 10.3 Å². The maximum Gasteiger partial charge on any atom is 0.320 e. The average Bonchev–Trinajstić information content (AvgIpc) is 2.54. The Hall–Kier alpha value is -3.09. The smallest absolute Gasteiger partial charge is 0.320 e. The van der Waals surface area contributed by atoms with Crippen LogP contribution in [0, 0.1) is 12.7 Å². The molecule has 0 saturated heterocycles. The Morgan fingerprint density at radius 2 is 2.04 bits per heavy atom. The molecule has 2 amide bonds. The minimum Gasteiger partial charge on any atom is -0.338 e. The Bertz CT molecular complexity index is 913. The summed E-state index contributed by atoms with van der Waals surface area (Å²) in [5, 5.41) is 5.26. The topological polar surface area (TPSA) is 79.8 Å². The molecule has 0 aliphatic heterocycles. The van der Waals surface area contributed by atoms with Crippen molar-refractivity contribution in [1.29, 1.82) is 0 Å². The third-order valence-electron chi connectivity index (χ3n) is 3.45. The van der Waals surface area contributed by atoms with Crippen molar-refractivity contribution >= 4 is 23.0 Å². The van der Waals surface area contributed by atoms with Crippen molar-refractivity contribution in [3.05, 3.63) is 47.9 Å². The monoisotopic (exact) mass is 325 g/mol. The second-order valence-electron chi connectivity index (χ2n) is 5.24. The molecule has 0 aliphatic carbocycles. The van der Waals surface area contributed by atoms with E-state index in [-0.39, 0.29) is 11.8 Å². The number of hydrogen-bond donors (Lipinski definition) is 2. The molecule has 0 bridgehead atoms. The molecule has 1 aromatic carbocycles. The van der Waals surface area contributed by atoms with Gasteiger partial charge in [-0.25, -0.2) is 19.2 Å². The highest BCUT2D eigenvalue weighted by molar-refractivity contribution is 5.89. The average molecular weight is 325 g/mol. The van der Waals surface area contributed by atoms with Crippen molar-refractivity contribution < 1.29 is 9.18 Å². The van der Waals surface area contributed by atoms with Crippen LogP contribution in [0.25, 0.3) is 22.4 Å². The molecule has 0 radical (unpaired) electrons. The van der Waals surface area contributed by atoms with Gasteiger partial charge in [-0.05, 0) is 49.7 Å². The van der Waals surface area contributed by atoms with Crippen LogP contribution < -0.4 is 10.6 Å². The number of aromatic nitrogens is 3. The molecule has 6 nitrogen and oxygen atoms in total. The number of aryl methyl sites for hydroxylation is 1. The first kappa shape index (κ1) is 15.8. The molecule has 2 heterocycles. The number of fused-ring (bicyclic) bond motifs is 1. The minimum atomic E-state index is -0.331. The molecule has 3 aromatic rings. The molecule has 7 heteroatoms. The highest BCUT2D eigenvalue weighted by Crippen LogP contribution is 2.23. The minimum absolute atomic E-state index is 0.295. The normalized spacial score (nSPS) is 10.6. The van der Waals surface area contributed by atoms with Gasteiger partial charge in [-0.1, -0.05) is 0 Å². The van der Waals surface area contributed by atoms with Gasteiger partial charge in [0.05, 0.1) is 11.9 Å². The molecular weight excluding hydrogens is 309 g/mol. The number of nitrogens with one attached hydrogen (secondary N) is 2. The lowest BCUT2D eigenvalue weighted by molar-refractivity contribution is 0.252. The number of halogens is 1. The summed E-state index contributed by atoms with van der Waals surface area (Å²) >= 11 is 0. The lowest BCUT2D eigenvalue weighted by atomic mass is 10.1. The summed E-state index contributed by atoms with van der Waals surface area (Å²) < 4.78 is 13.3. The Labute approximate surface area is 138 Å². The van der Waals surface area contributed by atoms with Crippen LogP contribution >= 0.6 is 0 Å². The fourth-order valence-corrected chi connectivity index (χ4v) is 2.33. The Kier molecular flexibility index (Phi) is 4.33. The van der Waals surface area contributed by atoms with Crippen LogP contribution in [0.2, 0.25) is 0 Å². The molecule has 0 unspecified atom stereocenters. The maximum atomic E-state index is 13.3. The van der Waals surface area contributed by atoms with E-state index >= 15 is 0 Å². The van der Waals surface area contributed by atoms with E-state index in [1.165, 1.54) is 12.1 Å². The van der Waals surface area contributed by atoms with E-state index in [1.807, 2.05) is 13.8 Å². The zero-order valence-electron chi connectivity index (χ0n) is 13.3. The van der Waals surface area contributed by atoms with E-state index in [4.69, 9.17) is 0 Å². The summed E-state index contributed by atoms with van der Waals surface area (Å²) in [6.45, 7) is 4.16. The van der Waals surface area contributed by atoms with E-state index in [9.17, 15) is 9.18 Å². The molecule has 24 heavy (non-hydrogen) atoms. The van der Waals surface area contributed by atoms with Crippen LogP contribution in [0.4, 0.5) is 15.0 Å². The number of hydrogen-bond acceptors (Lipinski definition) is 4. The highest BCUT2D eigenvalue weighted by Gasteiger charge is 2.09. The second kappa shape index (κ2) is 6.57. The highest BCUT2D eigenvalue weighted by atomic mass is 19.1. The van der Waals surface area contributed by atoms with Crippen LogP contribution in [0.1, 0.15) is 12.5 Å². The zero-order chi connectivity index (χ0) is 17.1. The van der Waals surface area contributed by atoms with Crippen LogP contribution in [-0.2, 0) is 0 Å². The number of anilines is 1. The van der Waals surface area contributed by atoms with Crippen molar-refractivity contribution in [2.75, 3.05) is 11.9 Å². The summed E-state index contributed by atoms with van der Waals surface area (Å²) in [7, 11) is 0. The van der Waals surface area contributed by atoms with Gasteiger partial charge in [-0.15, -0.1) is 0 Å². The van der Waals surface area contributed by atoms with Gasteiger partial charge in [-0.2, -0.15) is 0 Å². The van der Waals surface area contributed by atoms with Crippen LogP contribution in [0.5, 0.6) is 0 Å². The summed E-state index contributed by atoms with van der Waals surface area (Å²) in [5.74, 6) is 0.0901. The first-order valence-corrected chi connectivity index (χ1v) is 7.52. The summed E-state index contributed by atoms with van der Waals surface area (Å²) in [4.78, 5) is 24.7. The number of pyridine rings is 1. The van der Waals surface area contributed by atoms with Gasteiger partial charge >= 0.3 is 6.03 Å². The number of urea groups is 1. The Balaban J connectivity index is 1.98. The van der Waals surface area contributed by atoms with Gasteiger partial charge in [0.25, 0.3) is 0 Å². The van der Waals surface area contributed by atoms with Gasteiger partial charge in [0.15, 0.2) is 5.65 Å². The lowest BCUT2D eigenvalue weighted by Crippen LogP contribution is -2.28. The fourth-order valence-electron chi connectivity index (χ4n) is 2.33. The van der Waals surface area contributed by atoms with Crippen molar-refractivity contribution in [2.24, 2.45) is 0 Å². The molecule has 2 aromatic heterocycles. The molecule has 0 fully saturated rings. The molecular formula is C17H16FN5O. The molecule has 3 rings (SSSR count). The number of amides is 2. The number of carbonyl (C=O) groups is 1. The van der Waals surface area contributed by atoms with E-state index in [0.717, 1.165) is 11.1 Å². The predicted octanol–water partition coefficient (Wildman–Crippen LogP) is 3.28. The van der Waals surface area contributed by atoms with Crippen LogP contribution in [0.15, 0.2) is 36.5 Å². The lowest BCUT2D eigenvalue weighted by Gasteiger charge is -2.08. The number of nitrogens with zero attached hydrogens (tertiary/aromatic N) is 3. The largest absolute Gasteiger partial charge is 0.338 e. The number of carbonyl (C=O) groups excluding carboxylic acids is 1. The summed E-state index contributed by atoms with van der Waals surface area (Å²) in [5.41, 5.74) is 3.17. The maximum absolute atomic E-state index is 13.3. The predicted molar refractivity (Wildman–Crippen MR) is 90.2 cm³/mol. The van der Waals surface area contributed by atoms with E-state index < -0.39 is 0 Å². The van der Waals surface area contributed by atoms with Crippen LogP contribution in [0.3, 0.4) is 0 Å². The van der Waals surface area contributed by atoms with Crippen molar-refractivity contribution in [2.45, 2.75) is 13.8 Å². The molecule has 0 saturated carbocycles. The van der Waals surface area contributed by atoms with Crippen molar-refractivity contribution in [3.8, 4) is 11.3 Å². The standard InChI is InChI=1S/C17H16FN5O/c1-3-19-17(24)23-15-7-6-13-16(22-15)21-14(9-20-13)12-5-4-11(18)8-10(12)2/h4-9H,3H2,1-2H3,(H2,19,21,22,23,24). The Morgan fingerprint density at radius 3 is 2.79 bits per heavy atom. The molecule has 122 valence electrons. The summed E-state index contributed by atoms with van der Waals surface area (Å²) in [6.07, 6.45) is 1.63. The summed E-state index contributed by atoms with van der Waals surface area (Å²) in [6, 6.07) is 7.56. The van der Waals surface area contributed by atoms with E-state index in [1.54, 1.807) is 24.4 Å². The van der Waals surface area contributed by atoms with E-state index in [2.05, 4.69) is 25.6 Å². The third kappa shape index (κ3) is 3.29. The third-order valence-corrected chi connectivity index (χ3v) is 3.45. The quantitative estimate of drug-likeness (QED) is 0.774. The van der Waals surface area contributed by atoms with Crippen molar-refractivity contribution in [1.82, 2.24) is 20.3 Å². The van der Waals surface area contributed by atoms with Gasteiger partial charge in [0.1, 0.15) is 17.2 Å². The van der Waals surface area contributed by atoms with Crippen molar-refractivity contribution in [3.63, 3.8) is 0 Å². The van der Waals surface area contributed by atoms with Gasteiger partial charge < -0.3 is 5.32 Å². The number of benzene rings is 1. The number of rotatable bonds is 3. The molecule has 0 aliphatic rings. The second-order valence-corrected chi connectivity index (χ2v) is 5.24. The first-order valence-electron chi connectivity index (χ1n) is 7.52. The van der Waals surface area contributed by atoms with E-state index in [0.29, 0.717) is 29.2 Å². The zero-order valence-corrected chi connectivity index (χ0v) is 13.3.